The molecule has 0 saturated heterocycles. The maximum Gasteiger partial charge on any atom is 0.390 e. The molecule has 1 aromatic rings. The second-order valence-corrected chi connectivity index (χ2v) is 6.33. The maximum atomic E-state index is 12.1. The number of hydrogen-bond donors (Lipinski definition) is 0. The van der Waals surface area contributed by atoms with Crippen molar-refractivity contribution in [1.82, 2.24) is 4.31 Å². The Morgan fingerprint density at radius 1 is 1.35 bits per heavy atom. The molecule has 1 aromatic carbocycles. The van der Waals surface area contributed by atoms with Gasteiger partial charge in [0.1, 0.15) is 0 Å². The van der Waals surface area contributed by atoms with Crippen LogP contribution in [0.25, 0.3) is 0 Å². The van der Waals surface area contributed by atoms with Gasteiger partial charge in [0.2, 0.25) is 10.0 Å². The van der Waals surface area contributed by atoms with E-state index in [0.29, 0.717) is 15.4 Å². The first-order valence-corrected chi connectivity index (χ1v) is 7.06. The minimum absolute atomic E-state index is 0.126. The summed E-state index contributed by atoms with van der Waals surface area (Å²) in [6.45, 7) is 0.915. The maximum absolute atomic E-state index is 12.1. The molecule has 8 heteroatoms. The highest BCUT2D eigenvalue weighted by molar-refractivity contribution is 7.89. The number of hydrogen-bond acceptors (Lipinski definition) is 3. The molecular weight excluding hydrogens is 293 g/mol. The topological polar surface area (TPSA) is 61.2 Å². The van der Waals surface area contributed by atoms with Crippen LogP contribution in [0.5, 0.6) is 0 Å². The minimum atomic E-state index is -4.41. The molecule has 0 saturated carbocycles. The van der Waals surface area contributed by atoms with E-state index in [0.717, 1.165) is 7.05 Å². The Morgan fingerprint density at radius 3 is 2.40 bits per heavy atom. The number of halogens is 3. The van der Waals surface area contributed by atoms with Crippen LogP contribution in [-0.2, 0) is 10.0 Å². The van der Waals surface area contributed by atoms with Gasteiger partial charge in [-0.1, -0.05) is 0 Å². The number of aryl methyl sites for hydroxylation is 1. The van der Waals surface area contributed by atoms with Crippen LogP contribution in [0, 0.1) is 18.3 Å². The summed E-state index contributed by atoms with van der Waals surface area (Å²) in [5, 5.41) is 8.76. The number of sulfonamides is 1. The van der Waals surface area contributed by atoms with Crippen molar-refractivity contribution in [2.24, 2.45) is 0 Å². The van der Waals surface area contributed by atoms with Crippen molar-refractivity contribution >= 4 is 10.0 Å². The summed E-state index contributed by atoms with van der Waals surface area (Å²) in [7, 11) is -2.89. The van der Waals surface area contributed by atoms with E-state index in [9.17, 15) is 21.6 Å². The molecule has 0 aromatic heterocycles. The Labute approximate surface area is 115 Å². The number of nitriles is 1. The molecule has 0 aliphatic carbocycles. The fourth-order valence-electron chi connectivity index (χ4n) is 1.51. The van der Waals surface area contributed by atoms with Crippen molar-refractivity contribution in [3.05, 3.63) is 29.3 Å². The predicted molar refractivity (Wildman–Crippen MR) is 66.4 cm³/mol. The molecule has 0 radical (unpaired) electrons. The number of nitrogens with zero attached hydrogens (tertiary/aromatic N) is 2. The molecule has 4 nitrogen and oxygen atoms in total. The van der Waals surface area contributed by atoms with E-state index in [1.807, 2.05) is 6.07 Å². The van der Waals surface area contributed by atoms with Gasteiger partial charge >= 0.3 is 6.18 Å². The lowest BCUT2D eigenvalue weighted by molar-refractivity contribution is -0.135. The zero-order chi connectivity index (χ0) is 15.6. The fourth-order valence-corrected chi connectivity index (χ4v) is 2.76. The van der Waals surface area contributed by atoms with Gasteiger partial charge in [-0.3, -0.25) is 0 Å². The van der Waals surface area contributed by atoms with E-state index >= 15 is 0 Å². The van der Waals surface area contributed by atoms with Gasteiger partial charge in [-0.05, 0) is 30.7 Å². The molecule has 0 bridgehead atoms. The lowest BCUT2D eigenvalue weighted by atomic mass is 10.1. The van der Waals surface area contributed by atoms with Crippen LogP contribution < -0.4 is 0 Å². The summed E-state index contributed by atoms with van der Waals surface area (Å²) in [5.74, 6) is 0. The first-order chi connectivity index (χ1) is 9.08. The van der Waals surface area contributed by atoms with Crippen molar-refractivity contribution in [3.63, 3.8) is 0 Å². The predicted octanol–water partition coefficient (Wildman–Crippen LogP) is 2.44. The van der Waals surface area contributed by atoms with Crippen LogP contribution in [-0.4, -0.2) is 32.5 Å². The van der Waals surface area contributed by atoms with Crippen LogP contribution >= 0.6 is 0 Å². The molecule has 1 rings (SSSR count). The second-order valence-electron chi connectivity index (χ2n) is 4.28. The highest BCUT2D eigenvalue weighted by Crippen LogP contribution is 2.23. The van der Waals surface area contributed by atoms with Gasteiger partial charge in [0.25, 0.3) is 0 Å². The largest absolute Gasteiger partial charge is 0.390 e. The molecule has 0 heterocycles. The smallest absolute Gasteiger partial charge is 0.207 e. The van der Waals surface area contributed by atoms with E-state index in [-0.39, 0.29) is 4.90 Å². The van der Waals surface area contributed by atoms with E-state index in [4.69, 9.17) is 5.26 Å². The van der Waals surface area contributed by atoms with Crippen molar-refractivity contribution in [2.75, 3.05) is 13.6 Å². The third kappa shape index (κ3) is 3.95. The number of alkyl halides is 3. The van der Waals surface area contributed by atoms with E-state index < -0.39 is 29.2 Å². The molecule has 0 fully saturated rings. The molecule has 0 unspecified atom stereocenters. The molecule has 0 spiro atoms. The number of rotatable bonds is 4. The lowest BCUT2D eigenvalue weighted by Crippen LogP contribution is -2.30. The van der Waals surface area contributed by atoms with Crippen molar-refractivity contribution in [2.45, 2.75) is 24.4 Å². The Kier molecular flexibility index (Phi) is 4.78. The average Bonchev–Trinajstić information content (AvgIpc) is 2.34. The normalized spacial score (nSPS) is 12.4. The monoisotopic (exact) mass is 306 g/mol. The Bertz CT molecular complexity index is 633. The average molecular weight is 306 g/mol. The summed E-state index contributed by atoms with van der Waals surface area (Å²) >= 11 is 0. The van der Waals surface area contributed by atoms with Gasteiger partial charge < -0.3 is 0 Å². The van der Waals surface area contributed by atoms with Crippen molar-refractivity contribution in [1.29, 1.82) is 5.26 Å². The zero-order valence-electron chi connectivity index (χ0n) is 10.9. The fraction of sp³-hybridized carbons (Fsp3) is 0.417. The Hall–Kier alpha value is -1.59. The van der Waals surface area contributed by atoms with Crippen molar-refractivity contribution in [3.8, 4) is 6.07 Å². The Balaban J connectivity index is 2.99. The highest BCUT2D eigenvalue weighted by Gasteiger charge is 2.30. The lowest BCUT2D eigenvalue weighted by Gasteiger charge is -2.18. The summed E-state index contributed by atoms with van der Waals surface area (Å²) in [6, 6.07) is 5.71. The second kappa shape index (κ2) is 5.81. The molecule has 20 heavy (non-hydrogen) atoms. The molecule has 0 atom stereocenters. The van der Waals surface area contributed by atoms with E-state index in [1.54, 1.807) is 6.92 Å². The minimum Gasteiger partial charge on any atom is -0.207 e. The zero-order valence-corrected chi connectivity index (χ0v) is 11.7. The molecule has 0 N–H and O–H groups in total. The van der Waals surface area contributed by atoms with Crippen LogP contribution in [0.4, 0.5) is 13.2 Å². The highest BCUT2D eigenvalue weighted by atomic mass is 32.2. The molecular formula is C12H13F3N2O2S. The summed E-state index contributed by atoms with van der Waals surface area (Å²) in [5.41, 5.74) is 0.777. The quantitative estimate of drug-likeness (QED) is 0.858. The first kappa shape index (κ1) is 16.5. The van der Waals surface area contributed by atoms with Crippen molar-refractivity contribution < 1.29 is 21.6 Å². The van der Waals surface area contributed by atoms with Gasteiger partial charge in [-0.2, -0.15) is 18.4 Å². The van der Waals surface area contributed by atoms with E-state index in [2.05, 4.69) is 0 Å². The molecule has 110 valence electrons. The summed E-state index contributed by atoms with van der Waals surface area (Å²) in [6.07, 6.45) is -5.62. The molecule has 0 aliphatic heterocycles. The van der Waals surface area contributed by atoms with E-state index in [1.165, 1.54) is 18.2 Å². The molecule has 0 amide bonds. The van der Waals surface area contributed by atoms with Gasteiger partial charge in [-0.25, -0.2) is 12.7 Å². The van der Waals surface area contributed by atoms with Crippen LogP contribution in [0.3, 0.4) is 0 Å². The number of benzene rings is 1. The van der Waals surface area contributed by atoms with Gasteiger partial charge in [0, 0.05) is 13.6 Å². The SMILES string of the molecule is Cc1cc(S(=O)(=O)N(C)CCC(F)(F)F)ccc1C#N. The standard InChI is InChI=1S/C12H13F3N2O2S/c1-9-7-11(4-3-10(9)8-16)20(18,19)17(2)6-5-12(13,14)15/h3-4,7H,5-6H2,1-2H3. The van der Waals surface area contributed by atoms with Gasteiger partial charge in [-0.15, -0.1) is 0 Å². The van der Waals surface area contributed by atoms with Crippen LogP contribution in [0.1, 0.15) is 17.5 Å². The first-order valence-electron chi connectivity index (χ1n) is 5.62. The molecule has 0 aliphatic rings. The third-order valence-electron chi connectivity index (χ3n) is 2.74. The van der Waals surface area contributed by atoms with Crippen LogP contribution in [0.2, 0.25) is 0 Å². The van der Waals surface area contributed by atoms with Crippen LogP contribution in [0.15, 0.2) is 23.1 Å². The summed E-state index contributed by atoms with van der Waals surface area (Å²) in [4.78, 5) is -0.126. The summed E-state index contributed by atoms with van der Waals surface area (Å²) < 4.78 is 61.1. The third-order valence-corrected chi connectivity index (χ3v) is 4.59. The van der Waals surface area contributed by atoms with Gasteiger partial charge in [0.15, 0.2) is 0 Å². The van der Waals surface area contributed by atoms with Gasteiger partial charge in [0.05, 0.1) is 22.9 Å². The Morgan fingerprint density at radius 2 is 1.95 bits per heavy atom.